The highest BCUT2D eigenvalue weighted by Gasteiger charge is 2.07. The Morgan fingerprint density at radius 1 is 1.18 bits per heavy atom. The molecule has 0 bridgehead atoms. The number of hydrogen-bond donors (Lipinski definition) is 1. The van der Waals surface area contributed by atoms with Crippen LogP contribution in [0.25, 0.3) is 0 Å². The Labute approximate surface area is 137 Å². The fourth-order valence-corrected chi connectivity index (χ4v) is 2.24. The number of hydrogen-bond acceptors (Lipinski definition) is 2. The summed E-state index contributed by atoms with van der Waals surface area (Å²) in [5, 5.41) is 4.13. The first-order valence-electron chi connectivity index (χ1n) is 7.38. The van der Waals surface area contributed by atoms with E-state index in [4.69, 9.17) is 11.6 Å². The number of nitrogens with zero attached hydrogens (tertiary/aromatic N) is 2. The van der Waals surface area contributed by atoms with Crippen molar-refractivity contribution in [2.24, 2.45) is 4.99 Å². The largest absolute Gasteiger partial charge is 0.366 e. The standard InChI is InChI=1S/C18H22ClN3/c1-5-22(4)12-20-17-10-15(19)11-18(14(17)3)21-16-9-7-6-8-13(16)2/h6-12,21H,5H2,1-4H3/b20-12-. The van der Waals surface area contributed by atoms with Crippen LogP contribution in [-0.4, -0.2) is 24.8 Å². The first kappa shape index (κ1) is 16.4. The molecule has 2 aromatic carbocycles. The lowest BCUT2D eigenvalue weighted by Gasteiger charge is -2.15. The number of rotatable bonds is 5. The van der Waals surface area contributed by atoms with E-state index in [1.54, 1.807) is 0 Å². The van der Waals surface area contributed by atoms with E-state index in [1.807, 2.05) is 42.6 Å². The van der Waals surface area contributed by atoms with E-state index in [0.29, 0.717) is 5.02 Å². The van der Waals surface area contributed by atoms with E-state index < -0.39 is 0 Å². The van der Waals surface area contributed by atoms with Crippen molar-refractivity contribution in [1.29, 1.82) is 0 Å². The second-order valence-corrected chi connectivity index (χ2v) is 5.79. The summed E-state index contributed by atoms with van der Waals surface area (Å²) < 4.78 is 0. The predicted octanol–water partition coefficient (Wildman–Crippen LogP) is 5.31. The highest BCUT2D eigenvalue weighted by molar-refractivity contribution is 6.31. The molecule has 0 saturated carbocycles. The molecule has 0 unspecified atom stereocenters. The van der Waals surface area contributed by atoms with E-state index in [2.05, 4.69) is 43.2 Å². The first-order chi connectivity index (χ1) is 10.5. The minimum Gasteiger partial charge on any atom is -0.366 e. The van der Waals surface area contributed by atoms with Gasteiger partial charge in [-0.1, -0.05) is 29.8 Å². The van der Waals surface area contributed by atoms with Gasteiger partial charge in [-0.2, -0.15) is 0 Å². The Kier molecular flexibility index (Phi) is 5.45. The SMILES string of the molecule is CCN(C)/C=N\c1cc(Cl)cc(Nc2ccccc2C)c1C. The first-order valence-corrected chi connectivity index (χ1v) is 7.76. The number of halogens is 1. The van der Waals surface area contributed by atoms with Crippen LogP contribution in [0.4, 0.5) is 17.1 Å². The van der Waals surface area contributed by atoms with E-state index in [1.165, 1.54) is 5.56 Å². The molecule has 0 heterocycles. The molecule has 116 valence electrons. The Balaban J connectivity index is 2.35. The maximum absolute atomic E-state index is 6.25. The number of aryl methyl sites for hydroxylation is 1. The molecule has 1 N–H and O–H groups in total. The second kappa shape index (κ2) is 7.32. The fraction of sp³-hybridized carbons (Fsp3) is 0.278. The molecule has 0 saturated heterocycles. The molecule has 0 spiro atoms. The molecule has 4 heteroatoms. The molecule has 0 amide bonds. The highest BCUT2D eigenvalue weighted by atomic mass is 35.5. The summed E-state index contributed by atoms with van der Waals surface area (Å²) in [6.45, 7) is 7.13. The third-order valence-corrected chi connectivity index (χ3v) is 3.87. The van der Waals surface area contributed by atoms with Crippen LogP contribution in [0, 0.1) is 13.8 Å². The monoisotopic (exact) mass is 315 g/mol. The fourth-order valence-electron chi connectivity index (χ4n) is 2.03. The van der Waals surface area contributed by atoms with Gasteiger partial charge in [0.2, 0.25) is 0 Å². The molecule has 2 rings (SSSR count). The summed E-state index contributed by atoms with van der Waals surface area (Å²) in [4.78, 5) is 6.56. The molecule has 3 nitrogen and oxygen atoms in total. The van der Waals surface area contributed by atoms with Crippen molar-refractivity contribution in [2.45, 2.75) is 20.8 Å². The van der Waals surface area contributed by atoms with Gasteiger partial charge in [0, 0.05) is 30.0 Å². The van der Waals surface area contributed by atoms with E-state index in [9.17, 15) is 0 Å². The van der Waals surface area contributed by atoms with Crippen molar-refractivity contribution < 1.29 is 0 Å². The van der Waals surface area contributed by atoms with Gasteiger partial charge in [-0.15, -0.1) is 0 Å². The number of aliphatic imine (C=N–C) groups is 1. The number of para-hydroxylation sites is 1. The minimum absolute atomic E-state index is 0.674. The lowest BCUT2D eigenvalue weighted by atomic mass is 10.1. The van der Waals surface area contributed by atoms with Gasteiger partial charge in [0.15, 0.2) is 0 Å². The highest BCUT2D eigenvalue weighted by Crippen LogP contribution is 2.33. The van der Waals surface area contributed by atoms with Crippen molar-refractivity contribution in [3.05, 3.63) is 52.5 Å². The Bertz CT molecular complexity index is 680. The minimum atomic E-state index is 0.674. The average molecular weight is 316 g/mol. The third-order valence-electron chi connectivity index (χ3n) is 3.65. The van der Waals surface area contributed by atoms with Crippen LogP contribution in [0.1, 0.15) is 18.1 Å². The molecule has 0 aliphatic rings. The van der Waals surface area contributed by atoms with Crippen LogP contribution in [0.2, 0.25) is 5.02 Å². The van der Waals surface area contributed by atoms with Crippen LogP contribution in [0.3, 0.4) is 0 Å². The lowest BCUT2D eigenvalue weighted by Crippen LogP contribution is -2.14. The summed E-state index contributed by atoms with van der Waals surface area (Å²) in [6, 6.07) is 12.0. The summed E-state index contributed by atoms with van der Waals surface area (Å²) in [6.07, 6.45) is 1.83. The second-order valence-electron chi connectivity index (χ2n) is 5.36. The molecule has 0 aliphatic carbocycles. The van der Waals surface area contributed by atoms with Crippen LogP contribution in [0.5, 0.6) is 0 Å². The van der Waals surface area contributed by atoms with Gasteiger partial charge in [0.05, 0.1) is 12.0 Å². The summed E-state index contributed by atoms with van der Waals surface area (Å²) >= 11 is 6.25. The maximum atomic E-state index is 6.25. The zero-order valence-electron chi connectivity index (χ0n) is 13.5. The maximum Gasteiger partial charge on any atom is 0.0909 e. The molecule has 2 aromatic rings. The molecule has 0 fully saturated rings. The van der Waals surface area contributed by atoms with Crippen molar-refractivity contribution in [3.8, 4) is 0 Å². The Morgan fingerprint density at radius 2 is 1.91 bits per heavy atom. The summed E-state index contributed by atoms with van der Waals surface area (Å²) in [7, 11) is 2.00. The summed E-state index contributed by atoms with van der Waals surface area (Å²) in [5.41, 5.74) is 5.21. The van der Waals surface area contributed by atoms with Gasteiger partial charge < -0.3 is 10.2 Å². The average Bonchev–Trinajstić information content (AvgIpc) is 2.50. The van der Waals surface area contributed by atoms with Gasteiger partial charge in [-0.3, -0.25) is 0 Å². The van der Waals surface area contributed by atoms with Gasteiger partial charge >= 0.3 is 0 Å². The van der Waals surface area contributed by atoms with Crippen LogP contribution < -0.4 is 5.32 Å². The lowest BCUT2D eigenvalue weighted by molar-refractivity contribution is 0.552. The van der Waals surface area contributed by atoms with Crippen LogP contribution >= 0.6 is 11.6 Å². The molecule has 0 aliphatic heterocycles. The van der Waals surface area contributed by atoms with E-state index in [0.717, 1.165) is 29.2 Å². The zero-order chi connectivity index (χ0) is 16.1. The van der Waals surface area contributed by atoms with Crippen molar-refractivity contribution in [2.75, 3.05) is 18.9 Å². The zero-order valence-corrected chi connectivity index (χ0v) is 14.3. The van der Waals surface area contributed by atoms with Crippen molar-refractivity contribution in [3.63, 3.8) is 0 Å². The van der Waals surface area contributed by atoms with Crippen molar-refractivity contribution in [1.82, 2.24) is 4.90 Å². The van der Waals surface area contributed by atoms with Crippen LogP contribution in [-0.2, 0) is 0 Å². The third kappa shape index (κ3) is 4.01. The Hall–Kier alpha value is -2.00. The number of anilines is 2. The van der Waals surface area contributed by atoms with Gasteiger partial charge in [-0.25, -0.2) is 4.99 Å². The van der Waals surface area contributed by atoms with E-state index in [-0.39, 0.29) is 0 Å². The van der Waals surface area contributed by atoms with Gasteiger partial charge in [-0.05, 0) is 50.1 Å². The van der Waals surface area contributed by atoms with Crippen LogP contribution in [0.15, 0.2) is 41.4 Å². The summed E-state index contributed by atoms with van der Waals surface area (Å²) in [5.74, 6) is 0. The topological polar surface area (TPSA) is 27.6 Å². The predicted molar refractivity (Wildman–Crippen MR) is 97.1 cm³/mol. The van der Waals surface area contributed by atoms with E-state index >= 15 is 0 Å². The number of nitrogens with one attached hydrogen (secondary N) is 1. The Morgan fingerprint density at radius 3 is 2.59 bits per heavy atom. The van der Waals surface area contributed by atoms with Crippen molar-refractivity contribution >= 4 is 35.0 Å². The van der Waals surface area contributed by atoms with Gasteiger partial charge in [0.25, 0.3) is 0 Å². The molecule has 0 radical (unpaired) electrons. The molecule has 0 atom stereocenters. The quantitative estimate of drug-likeness (QED) is 0.598. The normalized spacial score (nSPS) is 11.0. The number of benzene rings is 2. The molecule has 22 heavy (non-hydrogen) atoms. The molecular formula is C18H22ClN3. The molecular weight excluding hydrogens is 294 g/mol. The smallest absolute Gasteiger partial charge is 0.0909 e. The molecule has 0 aromatic heterocycles. The van der Waals surface area contributed by atoms with Gasteiger partial charge in [0.1, 0.15) is 0 Å².